The van der Waals surface area contributed by atoms with E-state index in [-0.39, 0.29) is 15.6 Å². The highest BCUT2D eigenvalue weighted by Gasteiger charge is 2.31. The van der Waals surface area contributed by atoms with Gasteiger partial charge in [0.1, 0.15) is 19.3 Å². The summed E-state index contributed by atoms with van der Waals surface area (Å²) in [6.07, 6.45) is 0. The van der Waals surface area contributed by atoms with Gasteiger partial charge >= 0.3 is 5.97 Å². The van der Waals surface area contributed by atoms with Crippen molar-refractivity contribution < 1.29 is 32.2 Å². The second-order valence-electron chi connectivity index (χ2n) is 7.43. The molecule has 178 valence electrons. The minimum atomic E-state index is -4.10. The number of rotatable bonds is 8. The zero-order valence-corrected chi connectivity index (χ0v) is 20.1. The molecule has 0 spiro atoms. The van der Waals surface area contributed by atoms with E-state index in [1.54, 1.807) is 19.9 Å². The van der Waals surface area contributed by atoms with Gasteiger partial charge in [0.2, 0.25) is 10.0 Å². The molecule has 0 aromatic heterocycles. The second-order valence-corrected chi connectivity index (χ2v) is 9.99. The first-order chi connectivity index (χ1) is 15.6. The van der Waals surface area contributed by atoms with Crippen molar-refractivity contribution in [2.75, 3.05) is 25.1 Å². The van der Waals surface area contributed by atoms with Gasteiger partial charge in [-0.05, 0) is 36.2 Å². The quantitative estimate of drug-likeness (QED) is 0.516. The number of fused-ring (bicyclic) bond motifs is 1. The van der Waals surface area contributed by atoms with Crippen LogP contribution in [-0.2, 0) is 24.3 Å². The van der Waals surface area contributed by atoms with Gasteiger partial charge in [-0.1, -0.05) is 37.0 Å². The van der Waals surface area contributed by atoms with Crippen LogP contribution < -0.4 is 19.5 Å². The minimum Gasteiger partial charge on any atom is -0.486 e. The molecule has 1 atom stereocenters. The maximum atomic E-state index is 12.9. The van der Waals surface area contributed by atoms with Crippen LogP contribution in [0, 0.1) is 5.92 Å². The number of nitrogens with one attached hydrogen (secondary N) is 2. The molecule has 9 nitrogen and oxygen atoms in total. The summed E-state index contributed by atoms with van der Waals surface area (Å²) >= 11 is 11.9. The van der Waals surface area contributed by atoms with Crippen LogP contribution >= 0.6 is 23.2 Å². The third-order valence-electron chi connectivity index (χ3n) is 4.57. The molecule has 1 aliphatic rings. The third-order valence-corrected chi connectivity index (χ3v) is 6.58. The van der Waals surface area contributed by atoms with Gasteiger partial charge < -0.3 is 19.5 Å². The molecule has 1 unspecified atom stereocenters. The maximum Gasteiger partial charge on any atom is 0.324 e. The molecule has 2 aromatic rings. The minimum absolute atomic E-state index is 0.0986. The predicted octanol–water partition coefficient (Wildman–Crippen LogP) is 3.25. The number of hydrogen-bond donors (Lipinski definition) is 2. The summed E-state index contributed by atoms with van der Waals surface area (Å²) in [4.78, 5) is 24.6. The lowest BCUT2D eigenvalue weighted by molar-refractivity contribution is -0.150. The first-order valence-corrected chi connectivity index (χ1v) is 12.1. The summed E-state index contributed by atoms with van der Waals surface area (Å²) in [5.41, 5.74) is 0.255. The largest absolute Gasteiger partial charge is 0.486 e. The van der Waals surface area contributed by atoms with E-state index in [1.807, 2.05) is 0 Å². The maximum absolute atomic E-state index is 12.9. The van der Waals surface area contributed by atoms with Crippen molar-refractivity contribution in [1.29, 1.82) is 0 Å². The molecule has 0 radical (unpaired) electrons. The first-order valence-electron chi connectivity index (χ1n) is 9.90. The monoisotopic (exact) mass is 516 g/mol. The Morgan fingerprint density at radius 1 is 1.06 bits per heavy atom. The number of ether oxygens (including phenoxy) is 3. The van der Waals surface area contributed by atoms with Gasteiger partial charge in [-0.2, -0.15) is 4.72 Å². The number of carbonyl (C=O) groups is 2. The molecule has 0 saturated heterocycles. The van der Waals surface area contributed by atoms with E-state index >= 15 is 0 Å². The van der Waals surface area contributed by atoms with Crippen LogP contribution in [0.3, 0.4) is 0 Å². The highest BCUT2D eigenvalue weighted by atomic mass is 35.5. The molecule has 1 aliphatic heterocycles. The van der Waals surface area contributed by atoms with Gasteiger partial charge in [-0.3, -0.25) is 9.59 Å². The highest BCUT2D eigenvalue weighted by Crippen LogP contribution is 2.32. The van der Waals surface area contributed by atoms with Crippen LogP contribution in [0.15, 0.2) is 41.3 Å². The van der Waals surface area contributed by atoms with Crippen molar-refractivity contribution in [2.24, 2.45) is 5.92 Å². The van der Waals surface area contributed by atoms with E-state index in [0.717, 1.165) is 0 Å². The smallest absolute Gasteiger partial charge is 0.324 e. The molecule has 33 heavy (non-hydrogen) atoms. The van der Waals surface area contributed by atoms with Crippen molar-refractivity contribution in [3.63, 3.8) is 0 Å². The Kier molecular flexibility index (Phi) is 8.06. The summed E-state index contributed by atoms with van der Waals surface area (Å²) in [5.74, 6) is -1.30. The summed E-state index contributed by atoms with van der Waals surface area (Å²) in [7, 11) is -4.10. The van der Waals surface area contributed by atoms with Gasteiger partial charge in [0.15, 0.2) is 18.1 Å². The van der Waals surface area contributed by atoms with Crippen molar-refractivity contribution in [2.45, 2.75) is 24.8 Å². The lowest BCUT2D eigenvalue weighted by Gasteiger charge is -2.22. The highest BCUT2D eigenvalue weighted by molar-refractivity contribution is 7.89. The standard InChI is InChI=1S/C21H22Cl2N2O7S/c1-12(2)20(21(27)32-11-19(26)24-16-9-13(22)3-5-15(16)23)25-33(28,29)14-4-6-17-18(10-14)31-8-7-30-17/h3-6,9-10,12,20,25H,7-8,11H2,1-2H3,(H,24,26). The molecule has 0 saturated carbocycles. The number of amides is 1. The van der Waals surface area contributed by atoms with E-state index in [0.29, 0.717) is 29.7 Å². The number of esters is 1. The van der Waals surface area contributed by atoms with Crippen LogP contribution in [0.1, 0.15) is 13.8 Å². The Morgan fingerprint density at radius 3 is 2.45 bits per heavy atom. The fourth-order valence-corrected chi connectivity index (χ4v) is 4.57. The Hall–Kier alpha value is -2.53. The normalized spacial score (nSPS) is 14.0. The number of carbonyl (C=O) groups excluding carboxylic acids is 2. The molecule has 2 aromatic carbocycles. The van der Waals surface area contributed by atoms with Gasteiger partial charge in [0.25, 0.3) is 5.91 Å². The molecule has 2 N–H and O–H groups in total. The molecule has 1 heterocycles. The van der Waals surface area contributed by atoms with Gasteiger partial charge in [0, 0.05) is 11.1 Å². The lowest BCUT2D eigenvalue weighted by atomic mass is 10.1. The summed E-state index contributed by atoms with van der Waals surface area (Å²) < 4.78 is 43.9. The van der Waals surface area contributed by atoms with E-state index < -0.39 is 40.5 Å². The Bertz CT molecular complexity index is 1160. The van der Waals surface area contributed by atoms with Crippen LogP contribution in [-0.4, -0.2) is 46.2 Å². The predicted molar refractivity (Wildman–Crippen MR) is 122 cm³/mol. The summed E-state index contributed by atoms with van der Waals surface area (Å²) in [5, 5.41) is 3.10. The van der Waals surface area contributed by atoms with E-state index in [4.69, 9.17) is 37.4 Å². The van der Waals surface area contributed by atoms with Crippen molar-refractivity contribution in [1.82, 2.24) is 4.72 Å². The molecular weight excluding hydrogens is 495 g/mol. The molecular formula is C21H22Cl2N2O7S. The first kappa shape index (κ1) is 25.1. The van der Waals surface area contributed by atoms with Crippen molar-refractivity contribution in [3.05, 3.63) is 46.4 Å². The number of anilines is 1. The van der Waals surface area contributed by atoms with Gasteiger partial charge in [-0.25, -0.2) is 8.42 Å². The SMILES string of the molecule is CC(C)C(NS(=O)(=O)c1ccc2c(c1)OCCO2)C(=O)OCC(=O)Nc1cc(Cl)ccc1Cl. The molecule has 0 bridgehead atoms. The third kappa shape index (κ3) is 6.50. The topological polar surface area (TPSA) is 120 Å². The van der Waals surface area contributed by atoms with E-state index in [2.05, 4.69) is 10.0 Å². The van der Waals surface area contributed by atoms with Crippen LogP contribution in [0.5, 0.6) is 11.5 Å². The van der Waals surface area contributed by atoms with Gasteiger partial charge in [0.05, 0.1) is 15.6 Å². The van der Waals surface area contributed by atoms with Crippen LogP contribution in [0.25, 0.3) is 0 Å². The Morgan fingerprint density at radius 2 is 1.76 bits per heavy atom. The second kappa shape index (κ2) is 10.6. The Labute approximate surface area is 201 Å². The van der Waals surface area contributed by atoms with Crippen LogP contribution in [0.2, 0.25) is 10.0 Å². The molecule has 12 heteroatoms. The van der Waals surface area contributed by atoms with Crippen molar-refractivity contribution >= 4 is 50.8 Å². The zero-order valence-electron chi connectivity index (χ0n) is 17.8. The average Bonchev–Trinajstić information content (AvgIpc) is 2.77. The molecule has 0 fully saturated rings. The van der Waals surface area contributed by atoms with E-state index in [1.165, 1.54) is 30.3 Å². The Balaban J connectivity index is 1.65. The summed E-state index contributed by atoms with van der Waals surface area (Å²) in [6, 6.07) is 7.43. The molecule has 3 rings (SSSR count). The number of hydrogen-bond acceptors (Lipinski definition) is 7. The molecule has 1 amide bonds. The van der Waals surface area contributed by atoms with Crippen LogP contribution in [0.4, 0.5) is 5.69 Å². The zero-order chi connectivity index (χ0) is 24.2. The number of benzene rings is 2. The van der Waals surface area contributed by atoms with Gasteiger partial charge in [-0.15, -0.1) is 0 Å². The van der Waals surface area contributed by atoms with Crippen molar-refractivity contribution in [3.8, 4) is 11.5 Å². The van der Waals surface area contributed by atoms with E-state index in [9.17, 15) is 18.0 Å². The molecule has 0 aliphatic carbocycles. The lowest BCUT2D eigenvalue weighted by Crippen LogP contribution is -2.45. The summed E-state index contributed by atoms with van der Waals surface area (Å²) in [6.45, 7) is 3.31. The number of halogens is 2. The number of sulfonamides is 1. The fourth-order valence-electron chi connectivity index (χ4n) is 2.89. The fraction of sp³-hybridized carbons (Fsp3) is 0.333. The average molecular weight is 517 g/mol.